The first-order chi connectivity index (χ1) is 13.4. The van der Waals surface area contributed by atoms with E-state index >= 15 is 0 Å². The van der Waals surface area contributed by atoms with Gasteiger partial charge in [-0.2, -0.15) is 0 Å². The summed E-state index contributed by atoms with van der Waals surface area (Å²) < 4.78 is 5.51. The Morgan fingerprint density at radius 1 is 0.893 bits per heavy atom. The first-order valence-corrected chi connectivity index (χ1v) is 8.77. The van der Waals surface area contributed by atoms with Gasteiger partial charge in [-0.05, 0) is 24.1 Å². The molecule has 1 fully saturated rings. The molecule has 0 saturated carbocycles. The van der Waals surface area contributed by atoms with Gasteiger partial charge >= 0.3 is 6.03 Å². The molecule has 1 aliphatic rings. The molecule has 1 saturated heterocycles. The number of hydrogen-bond acceptors (Lipinski definition) is 5. The number of hydrogen-bond donors (Lipinski definition) is 0. The average Bonchev–Trinajstić information content (AvgIpc) is 2.73. The van der Waals surface area contributed by atoms with Crippen LogP contribution < -0.4 is 4.74 Å². The van der Waals surface area contributed by atoms with E-state index in [0.29, 0.717) is 11.3 Å². The first kappa shape index (κ1) is 19.3. The molecule has 0 unspecified atom stereocenters. The fourth-order valence-corrected chi connectivity index (χ4v) is 2.98. The lowest BCUT2D eigenvalue weighted by atomic mass is 9.95. The monoisotopic (exact) mass is 380 g/mol. The van der Waals surface area contributed by atoms with Crippen molar-refractivity contribution in [1.82, 2.24) is 9.80 Å². The third-order valence-corrected chi connectivity index (χ3v) is 4.66. The second kappa shape index (κ2) is 8.04. The van der Waals surface area contributed by atoms with Crippen LogP contribution in [0.25, 0.3) is 0 Å². The molecular weight excluding hydrogens is 360 g/mol. The Bertz CT molecular complexity index is 884. The van der Waals surface area contributed by atoms with E-state index in [1.54, 1.807) is 48.5 Å². The van der Waals surface area contributed by atoms with E-state index in [4.69, 9.17) is 4.74 Å². The Morgan fingerprint density at radius 3 is 2.04 bits per heavy atom. The maximum Gasteiger partial charge on any atom is 0.332 e. The predicted octanol–water partition coefficient (Wildman–Crippen LogP) is 2.16. The van der Waals surface area contributed by atoms with Crippen molar-refractivity contribution in [2.45, 2.75) is 6.42 Å². The smallest absolute Gasteiger partial charge is 0.332 e. The van der Waals surface area contributed by atoms with Crippen LogP contribution in [0.3, 0.4) is 0 Å². The molecule has 0 atom stereocenters. The van der Waals surface area contributed by atoms with E-state index in [2.05, 4.69) is 0 Å². The number of carbonyl (C=O) groups excluding carboxylic acids is 4. The number of benzene rings is 2. The molecule has 0 aromatic heterocycles. The number of ether oxygens (including phenoxy) is 1. The van der Waals surface area contributed by atoms with Crippen LogP contribution in [0.1, 0.15) is 15.9 Å². The summed E-state index contributed by atoms with van der Waals surface area (Å²) in [6.07, 6.45) is 0.183. The van der Waals surface area contributed by atoms with Crippen molar-refractivity contribution >= 4 is 23.6 Å². The highest BCUT2D eigenvalue weighted by Gasteiger charge is 2.42. The average molecular weight is 380 g/mol. The van der Waals surface area contributed by atoms with E-state index in [1.165, 1.54) is 14.1 Å². The zero-order valence-corrected chi connectivity index (χ0v) is 15.6. The molecule has 0 aliphatic carbocycles. The lowest BCUT2D eigenvalue weighted by Gasteiger charge is -2.32. The number of imide groups is 2. The summed E-state index contributed by atoms with van der Waals surface area (Å²) >= 11 is 0. The van der Waals surface area contributed by atoms with E-state index in [9.17, 15) is 19.2 Å². The molecule has 0 radical (unpaired) electrons. The van der Waals surface area contributed by atoms with Gasteiger partial charge < -0.3 is 4.74 Å². The van der Waals surface area contributed by atoms with Crippen molar-refractivity contribution in [1.29, 1.82) is 0 Å². The number of nitrogens with zero attached hydrogens (tertiary/aromatic N) is 2. The van der Waals surface area contributed by atoms with Gasteiger partial charge in [-0.25, -0.2) is 4.79 Å². The van der Waals surface area contributed by atoms with Crippen molar-refractivity contribution in [2.75, 3.05) is 20.7 Å². The van der Waals surface area contributed by atoms with Crippen molar-refractivity contribution in [2.24, 2.45) is 5.92 Å². The number of urea groups is 1. The van der Waals surface area contributed by atoms with E-state index in [0.717, 1.165) is 15.4 Å². The van der Waals surface area contributed by atoms with Gasteiger partial charge in [0.2, 0.25) is 11.8 Å². The molecule has 2 aromatic rings. The van der Waals surface area contributed by atoms with Crippen LogP contribution in [0.2, 0.25) is 0 Å². The largest absolute Gasteiger partial charge is 0.485 e. The van der Waals surface area contributed by atoms with Crippen molar-refractivity contribution in [3.8, 4) is 5.75 Å². The molecule has 144 valence electrons. The van der Waals surface area contributed by atoms with Crippen molar-refractivity contribution in [3.63, 3.8) is 0 Å². The molecule has 1 heterocycles. The summed E-state index contributed by atoms with van der Waals surface area (Å²) in [6.45, 7) is -0.0827. The van der Waals surface area contributed by atoms with Gasteiger partial charge in [-0.1, -0.05) is 42.5 Å². The highest BCUT2D eigenvalue weighted by molar-refractivity contribution is 6.15. The lowest BCUT2D eigenvalue weighted by molar-refractivity contribution is -0.147. The minimum absolute atomic E-state index is 0.0827. The fraction of sp³-hybridized carbons (Fsp3) is 0.238. The molecule has 0 spiro atoms. The van der Waals surface area contributed by atoms with Gasteiger partial charge in [0.05, 0.1) is 0 Å². The Hall–Kier alpha value is -3.48. The summed E-state index contributed by atoms with van der Waals surface area (Å²) in [5.41, 5.74) is 1.33. The van der Waals surface area contributed by atoms with Gasteiger partial charge in [0.15, 0.2) is 12.4 Å². The van der Waals surface area contributed by atoms with E-state index < -0.39 is 23.8 Å². The minimum Gasteiger partial charge on any atom is -0.485 e. The molecule has 7 nitrogen and oxygen atoms in total. The quantitative estimate of drug-likeness (QED) is 0.566. The van der Waals surface area contributed by atoms with E-state index in [-0.39, 0.29) is 18.8 Å². The van der Waals surface area contributed by atoms with Crippen LogP contribution in [-0.2, 0) is 16.0 Å². The first-order valence-electron chi connectivity index (χ1n) is 8.77. The fourth-order valence-electron chi connectivity index (χ4n) is 2.98. The Morgan fingerprint density at radius 2 is 1.46 bits per heavy atom. The van der Waals surface area contributed by atoms with Crippen LogP contribution in [0.15, 0.2) is 54.6 Å². The molecule has 28 heavy (non-hydrogen) atoms. The van der Waals surface area contributed by atoms with Gasteiger partial charge in [0, 0.05) is 19.7 Å². The molecule has 0 bridgehead atoms. The van der Waals surface area contributed by atoms with Crippen LogP contribution in [0.5, 0.6) is 5.75 Å². The summed E-state index contributed by atoms with van der Waals surface area (Å²) in [7, 11) is 2.72. The number of carbonyl (C=O) groups is 4. The number of rotatable bonds is 6. The number of barbiturate groups is 1. The molecular formula is C21H20N2O5. The predicted molar refractivity (Wildman–Crippen MR) is 101 cm³/mol. The maximum absolute atomic E-state index is 12.3. The van der Waals surface area contributed by atoms with E-state index in [1.807, 2.05) is 6.07 Å². The van der Waals surface area contributed by atoms with Gasteiger partial charge in [-0.15, -0.1) is 0 Å². The molecule has 0 N–H and O–H groups in total. The third-order valence-electron chi connectivity index (χ3n) is 4.66. The second-order valence-corrected chi connectivity index (χ2v) is 6.56. The van der Waals surface area contributed by atoms with Crippen LogP contribution in [0, 0.1) is 5.92 Å². The number of ketones is 1. The maximum atomic E-state index is 12.3. The highest BCUT2D eigenvalue weighted by Crippen LogP contribution is 2.21. The van der Waals surface area contributed by atoms with Gasteiger partial charge in [-0.3, -0.25) is 24.2 Å². The molecule has 3 rings (SSSR count). The minimum atomic E-state index is -0.931. The standard InChI is InChI=1S/C21H20N2O5/c1-22-19(25)17(20(26)23(2)21(22)27)12-14-8-10-16(11-9-14)28-13-18(24)15-6-4-3-5-7-15/h3-11,17H,12-13H2,1-2H3. The highest BCUT2D eigenvalue weighted by atomic mass is 16.5. The summed E-state index contributed by atoms with van der Waals surface area (Å²) in [4.78, 5) is 50.3. The molecule has 4 amide bonds. The third kappa shape index (κ3) is 3.93. The van der Waals surface area contributed by atoms with Gasteiger partial charge in [0.1, 0.15) is 11.7 Å². The molecule has 7 heteroatoms. The topological polar surface area (TPSA) is 84.0 Å². The Kier molecular flexibility index (Phi) is 5.54. The normalized spacial score (nSPS) is 15.1. The SMILES string of the molecule is CN1C(=O)C(Cc2ccc(OCC(=O)c3ccccc3)cc2)C(=O)N(C)C1=O. The van der Waals surface area contributed by atoms with Crippen LogP contribution >= 0.6 is 0 Å². The Balaban J connectivity index is 1.61. The van der Waals surface area contributed by atoms with Gasteiger partial charge in [0.25, 0.3) is 0 Å². The summed E-state index contributed by atoms with van der Waals surface area (Å²) in [6, 6.07) is 15.1. The zero-order chi connectivity index (χ0) is 20.3. The molecule has 1 aliphatic heterocycles. The van der Waals surface area contributed by atoms with Crippen LogP contribution in [0.4, 0.5) is 4.79 Å². The second-order valence-electron chi connectivity index (χ2n) is 6.56. The lowest BCUT2D eigenvalue weighted by Crippen LogP contribution is -2.57. The Labute approximate surface area is 162 Å². The number of Topliss-reactive ketones (excluding diaryl/α,β-unsaturated/α-hetero) is 1. The summed E-state index contributed by atoms with van der Waals surface area (Å²) in [5, 5.41) is 0. The van der Waals surface area contributed by atoms with Crippen molar-refractivity contribution < 1.29 is 23.9 Å². The zero-order valence-electron chi connectivity index (χ0n) is 15.6. The van der Waals surface area contributed by atoms with Crippen LogP contribution in [-0.4, -0.2) is 54.1 Å². The summed E-state index contributed by atoms with van der Waals surface area (Å²) in [5.74, 6) is -1.57. The number of amides is 4. The molecule has 2 aromatic carbocycles. The van der Waals surface area contributed by atoms with Crippen molar-refractivity contribution in [3.05, 3.63) is 65.7 Å².